The Hall–Kier alpha value is -1.20. The Morgan fingerprint density at radius 3 is 2.55 bits per heavy atom. The van der Waals surface area contributed by atoms with E-state index in [1.165, 1.54) is 36.0 Å². The monoisotopic (exact) mass is 356 g/mol. The average molecular weight is 357 g/mol. The summed E-state index contributed by atoms with van der Waals surface area (Å²) in [7, 11) is 0. The summed E-state index contributed by atoms with van der Waals surface area (Å²) in [6.45, 7) is 0. The van der Waals surface area contributed by atoms with Crippen molar-refractivity contribution in [2.75, 3.05) is 5.75 Å². The highest BCUT2D eigenvalue weighted by Crippen LogP contribution is 2.22. The first-order chi connectivity index (χ1) is 9.54. The molecular formula is C15H11BrF2OS. The number of halogens is 3. The third-order valence-corrected chi connectivity index (χ3v) is 4.39. The maximum Gasteiger partial charge on any atom is 0.147 e. The molecular weight excluding hydrogens is 346 g/mol. The minimum Gasteiger partial charge on any atom is -0.298 e. The molecule has 2 rings (SSSR count). The fourth-order valence-corrected chi connectivity index (χ4v) is 2.94. The molecule has 0 amide bonds. The van der Waals surface area contributed by atoms with Crippen LogP contribution in [0.3, 0.4) is 0 Å². The second-order valence-corrected chi connectivity index (χ2v) is 6.10. The molecule has 20 heavy (non-hydrogen) atoms. The van der Waals surface area contributed by atoms with Crippen LogP contribution in [0.2, 0.25) is 0 Å². The van der Waals surface area contributed by atoms with E-state index in [0.717, 1.165) is 10.5 Å². The van der Waals surface area contributed by atoms with E-state index >= 15 is 0 Å². The van der Waals surface area contributed by atoms with Crippen molar-refractivity contribution in [3.63, 3.8) is 0 Å². The summed E-state index contributed by atoms with van der Waals surface area (Å²) in [5.41, 5.74) is 0.747. The Balaban J connectivity index is 1.92. The van der Waals surface area contributed by atoms with E-state index in [1.54, 1.807) is 18.2 Å². The maximum absolute atomic E-state index is 13.0. The van der Waals surface area contributed by atoms with Crippen molar-refractivity contribution in [3.8, 4) is 0 Å². The summed E-state index contributed by atoms with van der Waals surface area (Å²) >= 11 is 4.52. The summed E-state index contributed by atoms with van der Waals surface area (Å²) in [6.07, 6.45) is 0.225. The SMILES string of the molecule is O=C(CSc1cccc(F)c1)Cc1ccc(F)cc1Br. The summed E-state index contributed by atoms with van der Waals surface area (Å²) in [5.74, 6) is -0.398. The van der Waals surface area contributed by atoms with E-state index in [4.69, 9.17) is 0 Å². The standard InChI is InChI=1S/C15H11BrF2OS/c16-15-8-12(18)5-4-10(15)6-13(19)9-20-14-3-1-2-11(17)7-14/h1-5,7-8H,6,9H2. The van der Waals surface area contributed by atoms with Crippen LogP contribution in [0.1, 0.15) is 5.56 Å². The molecule has 104 valence electrons. The lowest BCUT2D eigenvalue weighted by Gasteiger charge is -2.04. The number of hydrogen-bond donors (Lipinski definition) is 0. The van der Waals surface area contributed by atoms with Gasteiger partial charge < -0.3 is 0 Å². The second kappa shape index (κ2) is 6.99. The molecule has 0 aliphatic heterocycles. The normalized spacial score (nSPS) is 10.6. The predicted molar refractivity (Wildman–Crippen MR) is 79.9 cm³/mol. The first-order valence-electron chi connectivity index (χ1n) is 5.88. The van der Waals surface area contributed by atoms with Crippen LogP contribution in [0, 0.1) is 11.6 Å². The highest BCUT2D eigenvalue weighted by molar-refractivity contribution is 9.10. The number of Topliss-reactive ketones (excluding diaryl/α,β-unsaturated/α-hetero) is 1. The smallest absolute Gasteiger partial charge is 0.147 e. The highest BCUT2D eigenvalue weighted by Gasteiger charge is 2.09. The number of ketones is 1. The highest BCUT2D eigenvalue weighted by atomic mass is 79.9. The van der Waals surface area contributed by atoms with Crippen molar-refractivity contribution in [1.82, 2.24) is 0 Å². The van der Waals surface area contributed by atoms with Gasteiger partial charge in [-0.15, -0.1) is 11.8 Å². The molecule has 2 aromatic rings. The van der Waals surface area contributed by atoms with Gasteiger partial charge in [0.15, 0.2) is 0 Å². The van der Waals surface area contributed by atoms with Crippen LogP contribution < -0.4 is 0 Å². The Morgan fingerprint density at radius 1 is 1.10 bits per heavy atom. The lowest BCUT2D eigenvalue weighted by molar-refractivity contribution is -0.116. The van der Waals surface area contributed by atoms with Gasteiger partial charge in [0.1, 0.15) is 17.4 Å². The number of hydrogen-bond acceptors (Lipinski definition) is 2. The Morgan fingerprint density at radius 2 is 1.85 bits per heavy atom. The van der Waals surface area contributed by atoms with E-state index in [-0.39, 0.29) is 29.6 Å². The molecule has 1 nitrogen and oxygen atoms in total. The van der Waals surface area contributed by atoms with Gasteiger partial charge in [0, 0.05) is 15.8 Å². The molecule has 0 spiro atoms. The van der Waals surface area contributed by atoms with Gasteiger partial charge >= 0.3 is 0 Å². The third kappa shape index (κ3) is 4.42. The van der Waals surface area contributed by atoms with Gasteiger partial charge in [-0.2, -0.15) is 0 Å². The average Bonchev–Trinajstić information content (AvgIpc) is 2.40. The minimum atomic E-state index is -0.345. The molecule has 0 atom stereocenters. The molecule has 0 aromatic heterocycles. The molecule has 0 N–H and O–H groups in total. The van der Waals surface area contributed by atoms with Crippen LogP contribution >= 0.6 is 27.7 Å². The number of thioether (sulfide) groups is 1. The number of carbonyl (C=O) groups excluding carboxylic acids is 1. The zero-order chi connectivity index (χ0) is 14.5. The lowest BCUT2D eigenvalue weighted by Crippen LogP contribution is -2.06. The summed E-state index contributed by atoms with van der Waals surface area (Å²) < 4.78 is 26.5. The van der Waals surface area contributed by atoms with Gasteiger partial charge in [-0.05, 0) is 35.9 Å². The minimum absolute atomic E-state index is 0.00608. The summed E-state index contributed by atoms with van der Waals surface area (Å²) in [4.78, 5) is 12.6. The van der Waals surface area contributed by atoms with Crippen LogP contribution in [0.5, 0.6) is 0 Å². The van der Waals surface area contributed by atoms with Crippen LogP contribution in [0.4, 0.5) is 8.78 Å². The number of carbonyl (C=O) groups is 1. The molecule has 0 aliphatic carbocycles. The summed E-state index contributed by atoms with van der Waals surface area (Å²) in [6, 6.07) is 10.4. The fourth-order valence-electron chi connectivity index (χ4n) is 1.65. The molecule has 0 bridgehead atoms. The van der Waals surface area contributed by atoms with E-state index in [2.05, 4.69) is 15.9 Å². The zero-order valence-electron chi connectivity index (χ0n) is 10.4. The van der Waals surface area contributed by atoms with Crippen LogP contribution in [-0.4, -0.2) is 11.5 Å². The van der Waals surface area contributed by atoms with Crippen molar-refractivity contribution in [2.45, 2.75) is 11.3 Å². The van der Waals surface area contributed by atoms with Crippen molar-refractivity contribution >= 4 is 33.5 Å². The first-order valence-corrected chi connectivity index (χ1v) is 7.66. The van der Waals surface area contributed by atoms with Gasteiger partial charge in [0.05, 0.1) is 5.75 Å². The molecule has 0 radical (unpaired) electrons. The van der Waals surface area contributed by atoms with Crippen LogP contribution in [0.15, 0.2) is 51.8 Å². The molecule has 0 fully saturated rings. The Labute approximate surface area is 128 Å². The number of benzene rings is 2. The van der Waals surface area contributed by atoms with E-state index in [0.29, 0.717) is 4.47 Å². The molecule has 2 aromatic carbocycles. The van der Waals surface area contributed by atoms with Crippen molar-refractivity contribution in [1.29, 1.82) is 0 Å². The first kappa shape index (κ1) is 15.2. The lowest BCUT2D eigenvalue weighted by atomic mass is 10.1. The molecule has 0 unspecified atom stereocenters. The van der Waals surface area contributed by atoms with Crippen molar-refractivity contribution < 1.29 is 13.6 Å². The van der Waals surface area contributed by atoms with Gasteiger partial charge in [0.25, 0.3) is 0 Å². The fraction of sp³-hybridized carbons (Fsp3) is 0.133. The largest absolute Gasteiger partial charge is 0.298 e. The number of rotatable bonds is 5. The van der Waals surface area contributed by atoms with Gasteiger partial charge in [-0.1, -0.05) is 28.1 Å². The molecule has 5 heteroatoms. The van der Waals surface area contributed by atoms with Crippen molar-refractivity contribution in [2.24, 2.45) is 0 Å². The molecule has 0 saturated carbocycles. The summed E-state index contributed by atoms with van der Waals surface area (Å²) in [5, 5.41) is 0. The Kier molecular flexibility index (Phi) is 5.31. The topological polar surface area (TPSA) is 17.1 Å². The second-order valence-electron chi connectivity index (χ2n) is 4.20. The van der Waals surface area contributed by atoms with E-state index in [1.807, 2.05) is 0 Å². The Bertz CT molecular complexity index is 631. The van der Waals surface area contributed by atoms with Gasteiger partial charge in [-0.3, -0.25) is 4.79 Å². The van der Waals surface area contributed by atoms with E-state index in [9.17, 15) is 13.6 Å². The molecule has 0 heterocycles. The molecule has 0 aliphatic rings. The van der Waals surface area contributed by atoms with E-state index < -0.39 is 0 Å². The van der Waals surface area contributed by atoms with Crippen LogP contribution in [0.25, 0.3) is 0 Å². The quantitative estimate of drug-likeness (QED) is 0.726. The van der Waals surface area contributed by atoms with Crippen molar-refractivity contribution in [3.05, 3.63) is 64.1 Å². The predicted octanol–water partition coefficient (Wildman–Crippen LogP) is 4.63. The molecule has 0 saturated heterocycles. The maximum atomic E-state index is 13.0. The third-order valence-electron chi connectivity index (χ3n) is 2.60. The zero-order valence-corrected chi connectivity index (χ0v) is 12.8. The van der Waals surface area contributed by atoms with Gasteiger partial charge in [-0.25, -0.2) is 8.78 Å². The van der Waals surface area contributed by atoms with Crippen LogP contribution in [-0.2, 0) is 11.2 Å². The van der Waals surface area contributed by atoms with Gasteiger partial charge in [0.2, 0.25) is 0 Å².